The highest BCUT2D eigenvalue weighted by atomic mass is 32.2. The maximum Gasteiger partial charge on any atom is 0.307 e. The van der Waals surface area contributed by atoms with Crippen molar-refractivity contribution in [3.63, 3.8) is 0 Å². The number of aromatic nitrogens is 1. The third-order valence-electron chi connectivity index (χ3n) is 5.65. The Morgan fingerprint density at radius 3 is 2.51 bits per heavy atom. The highest BCUT2D eigenvalue weighted by Crippen LogP contribution is 2.29. The van der Waals surface area contributed by atoms with Crippen LogP contribution in [0.25, 0.3) is 10.9 Å². The van der Waals surface area contributed by atoms with Gasteiger partial charge in [0.15, 0.2) is 9.84 Å². The van der Waals surface area contributed by atoms with Crippen molar-refractivity contribution in [2.75, 3.05) is 5.75 Å². The van der Waals surface area contributed by atoms with Gasteiger partial charge in [-0.05, 0) is 73.0 Å². The zero-order valence-electron chi connectivity index (χ0n) is 18.9. The largest absolute Gasteiger partial charge is 0.481 e. The molecule has 0 fully saturated rings. The van der Waals surface area contributed by atoms with Gasteiger partial charge in [-0.2, -0.15) is 0 Å². The van der Waals surface area contributed by atoms with E-state index in [4.69, 9.17) is 0 Å². The predicted molar refractivity (Wildman–Crippen MR) is 131 cm³/mol. The van der Waals surface area contributed by atoms with Gasteiger partial charge in [-0.25, -0.2) is 17.2 Å². The minimum Gasteiger partial charge on any atom is -0.481 e. The maximum absolute atomic E-state index is 14.0. The van der Waals surface area contributed by atoms with Crippen molar-refractivity contribution in [1.82, 2.24) is 4.57 Å². The Kier molecular flexibility index (Phi) is 6.79. The number of rotatable bonds is 6. The van der Waals surface area contributed by atoms with Crippen LogP contribution in [-0.2, 0) is 28.1 Å². The van der Waals surface area contributed by atoms with Crippen LogP contribution in [0.4, 0.5) is 8.78 Å². The third-order valence-corrected chi connectivity index (χ3v) is 9.05. The summed E-state index contributed by atoms with van der Waals surface area (Å²) in [6, 6.07) is 11.6. The lowest BCUT2D eigenvalue weighted by atomic mass is 10.00. The molecule has 180 valence electrons. The number of hydrogen-bond acceptors (Lipinski definition) is 4. The number of sulfone groups is 1. The zero-order valence-corrected chi connectivity index (χ0v) is 20.5. The molecule has 2 heterocycles. The topological polar surface area (TPSA) is 76.4 Å². The van der Waals surface area contributed by atoms with Crippen LogP contribution < -0.4 is 0 Å². The summed E-state index contributed by atoms with van der Waals surface area (Å²) < 4.78 is 54.8. The number of nitrogens with zero attached hydrogens (tertiary/aromatic N) is 1. The molecule has 4 aromatic rings. The van der Waals surface area contributed by atoms with E-state index in [-0.39, 0.29) is 22.3 Å². The normalized spacial score (nSPS) is 12.3. The molecule has 0 amide bonds. The molecule has 9 heteroatoms. The molecule has 0 spiro atoms. The van der Waals surface area contributed by atoms with E-state index in [1.54, 1.807) is 36.9 Å². The van der Waals surface area contributed by atoms with Crippen LogP contribution in [0.1, 0.15) is 21.6 Å². The van der Waals surface area contributed by atoms with Crippen LogP contribution in [0.15, 0.2) is 58.9 Å². The first kappa shape index (κ1) is 24.6. The maximum atomic E-state index is 14.0. The molecule has 0 aliphatic carbocycles. The average molecular weight is 514 g/mol. The van der Waals surface area contributed by atoms with Crippen LogP contribution in [0.2, 0.25) is 0 Å². The second-order valence-corrected chi connectivity index (χ2v) is 11.6. The van der Waals surface area contributed by atoms with E-state index >= 15 is 0 Å². The number of benzene rings is 2. The molecular weight excluding hydrogens is 492 g/mol. The summed E-state index contributed by atoms with van der Waals surface area (Å²) in [5.41, 5.74) is 2.26. The summed E-state index contributed by atoms with van der Waals surface area (Å²) >= 11 is 0.958. The highest BCUT2D eigenvalue weighted by molar-refractivity contribution is 7.93. The van der Waals surface area contributed by atoms with Gasteiger partial charge < -0.3 is 9.67 Å². The van der Waals surface area contributed by atoms with Crippen molar-refractivity contribution >= 4 is 38.0 Å². The highest BCUT2D eigenvalue weighted by Gasteiger charge is 2.29. The summed E-state index contributed by atoms with van der Waals surface area (Å²) in [7, 11) is -2.17. The lowest BCUT2D eigenvalue weighted by Crippen LogP contribution is -2.25. The monoisotopic (exact) mass is 513 g/mol. The zero-order chi connectivity index (χ0) is 25.3. The average Bonchev–Trinajstić information content (AvgIpc) is 3.39. The van der Waals surface area contributed by atoms with Crippen LogP contribution in [0.3, 0.4) is 0 Å². The van der Waals surface area contributed by atoms with E-state index in [0.717, 1.165) is 11.3 Å². The first-order valence-corrected chi connectivity index (χ1v) is 13.1. The molecule has 0 saturated carbocycles. The number of carboxylic acids is 1. The molecule has 0 aliphatic rings. The molecule has 2 aromatic carbocycles. The number of halogens is 2. The number of carbonyl (C=O) groups is 1. The van der Waals surface area contributed by atoms with Gasteiger partial charge in [-0.3, -0.25) is 4.79 Å². The quantitative estimate of drug-likeness (QED) is 0.371. The fourth-order valence-electron chi connectivity index (χ4n) is 3.81. The molecule has 0 unspecified atom stereocenters. The molecule has 35 heavy (non-hydrogen) atoms. The van der Waals surface area contributed by atoms with Gasteiger partial charge in [0, 0.05) is 24.2 Å². The molecule has 2 aromatic heterocycles. The van der Waals surface area contributed by atoms with Crippen molar-refractivity contribution in [3.05, 3.63) is 87.9 Å². The van der Waals surface area contributed by atoms with Crippen molar-refractivity contribution in [2.45, 2.75) is 17.6 Å². The minimum atomic E-state index is -3.90. The SMILES string of the molecule is Cc1cc2c(C[C@@H](CS(=O)(=O)c3ccc(C#Cc4ccc(F)cc4)s3)C(=O)O)cn(C)c2cc1F. The number of fused-ring (bicyclic) bond motifs is 1. The van der Waals surface area contributed by atoms with E-state index in [2.05, 4.69) is 11.8 Å². The number of aliphatic carboxylic acids is 1. The van der Waals surface area contributed by atoms with Crippen molar-refractivity contribution in [2.24, 2.45) is 13.0 Å². The van der Waals surface area contributed by atoms with Crippen LogP contribution in [0.5, 0.6) is 0 Å². The lowest BCUT2D eigenvalue weighted by Gasteiger charge is -2.12. The van der Waals surface area contributed by atoms with Gasteiger partial charge in [-0.1, -0.05) is 11.8 Å². The Morgan fingerprint density at radius 2 is 1.83 bits per heavy atom. The molecule has 0 saturated heterocycles. The molecule has 5 nitrogen and oxygen atoms in total. The number of carboxylic acid groups (broad SMARTS) is 1. The van der Waals surface area contributed by atoms with E-state index in [9.17, 15) is 27.1 Å². The van der Waals surface area contributed by atoms with E-state index in [1.807, 2.05) is 0 Å². The first-order chi connectivity index (χ1) is 16.5. The number of aryl methyl sites for hydroxylation is 2. The molecular formula is C26H21F2NO4S2. The van der Waals surface area contributed by atoms with Gasteiger partial charge >= 0.3 is 5.97 Å². The second kappa shape index (κ2) is 9.64. The van der Waals surface area contributed by atoms with E-state index in [1.165, 1.54) is 36.4 Å². The second-order valence-electron chi connectivity index (χ2n) is 8.28. The molecule has 1 N–H and O–H groups in total. The predicted octanol–water partition coefficient (Wildman–Crippen LogP) is 4.94. The summed E-state index contributed by atoms with van der Waals surface area (Å²) in [6.07, 6.45) is 1.69. The Labute approximate surface area is 205 Å². The standard InChI is InChI=1S/C26H21F2NO4S2/c1-16-11-22-18(14-29(2)24(22)13-23(16)28)12-19(26(30)31)15-35(32,33)25-10-9-21(34-25)8-5-17-3-6-20(27)7-4-17/h3-4,6-7,9-11,13-14,19H,12,15H2,1-2H3,(H,30,31)/t19-/m0/s1. The van der Waals surface area contributed by atoms with Crippen LogP contribution >= 0.6 is 11.3 Å². The molecule has 4 rings (SSSR count). The number of hydrogen-bond donors (Lipinski definition) is 1. The summed E-state index contributed by atoms with van der Waals surface area (Å²) in [5.74, 6) is 1.97. The molecule has 0 bridgehead atoms. The van der Waals surface area contributed by atoms with E-state index < -0.39 is 27.5 Å². The Bertz CT molecular complexity index is 1590. The Hall–Kier alpha value is -3.48. The van der Waals surface area contributed by atoms with Gasteiger partial charge in [-0.15, -0.1) is 11.3 Å². The number of thiophene rings is 1. The summed E-state index contributed by atoms with van der Waals surface area (Å²) in [4.78, 5) is 12.5. The Morgan fingerprint density at radius 1 is 1.11 bits per heavy atom. The smallest absolute Gasteiger partial charge is 0.307 e. The lowest BCUT2D eigenvalue weighted by molar-refractivity contribution is -0.140. The molecule has 0 radical (unpaired) electrons. The minimum absolute atomic E-state index is 0.0143. The van der Waals surface area contributed by atoms with Crippen LogP contribution in [0, 0.1) is 36.3 Å². The van der Waals surface area contributed by atoms with Gasteiger partial charge in [0.25, 0.3) is 0 Å². The Balaban J connectivity index is 1.56. The molecule has 1 atom stereocenters. The first-order valence-electron chi connectivity index (χ1n) is 10.6. The van der Waals surface area contributed by atoms with Crippen molar-refractivity contribution in [3.8, 4) is 11.8 Å². The van der Waals surface area contributed by atoms with E-state index in [0.29, 0.717) is 32.5 Å². The fourth-order valence-corrected chi connectivity index (χ4v) is 6.61. The summed E-state index contributed by atoms with van der Waals surface area (Å²) in [5, 5.41) is 10.5. The van der Waals surface area contributed by atoms with Gasteiger partial charge in [0.1, 0.15) is 15.8 Å². The van der Waals surface area contributed by atoms with Crippen molar-refractivity contribution in [1.29, 1.82) is 0 Å². The van der Waals surface area contributed by atoms with Crippen molar-refractivity contribution < 1.29 is 27.1 Å². The third kappa shape index (κ3) is 5.45. The fraction of sp³-hybridized carbons (Fsp3) is 0.192. The molecule has 0 aliphatic heterocycles. The van der Waals surface area contributed by atoms with Gasteiger partial charge in [0.05, 0.1) is 22.1 Å². The summed E-state index contributed by atoms with van der Waals surface area (Å²) in [6.45, 7) is 1.62. The van der Waals surface area contributed by atoms with Gasteiger partial charge in [0.2, 0.25) is 0 Å². The van der Waals surface area contributed by atoms with Crippen LogP contribution in [-0.4, -0.2) is 29.8 Å².